The summed E-state index contributed by atoms with van der Waals surface area (Å²) in [6.45, 7) is 13.6. The number of ketones is 1. The topological polar surface area (TPSA) is 96.8 Å². The Morgan fingerprint density at radius 3 is 2.34 bits per heavy atom. The lowest BCUT2D eigenvalue weighted by Gasteiger charge is -2.25. The molecule has 1 aliphatic rings. The van der Waals surface area contributed by atoms with Crippen molar-refractivity contribution in [3.05, 3.63) is 86.4 Å². The van der Waals surface area contributed by atoms with Gasteiger partial charge in [-0.2, -0.15) is 0 Å². The van der Waals surface area contributed by atoms with Crippen LogP contribution in [0.15, 0.2) is 48.0 Å². The zero-order valence-corrected chi connectivity index (χ0v) is 23.5. The first-order valence-electron chi connectivity index (χ1n) is 12.5. The van der Waals surface area contributed by atoms with E-state index in [1.54, 1.807) is 19.9 Å². The van der Waals surface area contributed by atoms with Gasteiger partial charge in [-0.05, 0) is 55.9 Å². The summed E-state index contributed by atoms with van der Waals surface area (Å²) >= 11 is 0.995. The summed E-state index contributed by atoms with van der Waals surface area (Å²) in [5, 5.41) is 11.7. The van der Waals surface area contributed by atoms with Crippen LogP contribution in [-0.2, 0) is 19.7 Å². The SMILES string of the molecule is CCOC(=O)c1sc(N2C(=O)C(=O)/C(=C(/O)c3cc(C)ccc3C)C2c2ccc(C(C)(C)C)cc2)nc1C. The number of nitrogens with zero attached hydrogens (tertiary/aromatic N) is 2. The van der Waals surface area contributed by atoms with Crippen molar-refractivity contribution in [3.8, 4) is 0 Å². The van der Waals surface area contributed by atoms with E-state index in [1.807, 2.05) is 50.2 Å². The smallest absolute Gasteiger partial charge is 0.350 e. The first kappa shape index (κ1) is 27.3. The largest absolute Gasteiger partial charge is 0.507 e. The van der Waals surface area contributed by atoms with Gasteiger partial charge in [-0.25, -0.2) is 9.78 Å². The van der Waals surface area contributed by atoms with Crippen molar-refractivity contribution in [2.24, 2.45) is 0 Å². The molecule has 0 saturated carbocycles. The Hall–Kier alpha value is -3.78. The highest BCUT2D eigenvalue weighted by Gasteiger charge is 2.48. The standard InChI is InChI=1S/C30H32N2O5S/c1-8-37-28(36)26-18(4)31-29(38-26)32-23(19-11-13-20(14-12-19)30(5,6)7)22(25(34)27(32)35)24(33)21-15-16(2)9-10-17(21)3/h9-15,23,33H,8H2,1-7H3/b24-22+. The van der Waals surface area contributed by atoms with Crippen LogP contribution in [0.1, 0.15) is 76.9 Å². The Balaban J connectivity index is 1.94. The lowest BCUT2D eigenvalue weighted by atomic mass is 9.85. The normalized spacial score (nSPS) is 17.2. The van der Waals surface area contributed by atoms with E-state index in [0.29, 0.717) is 16.8 Å². The zero-order valence-electron chi connectivity index (χ0n) is 22.7. The lowest BCUT2D eigenvalue weighted by Crippen LogP contribution is -2.29. The number of amides is 1. The highest BCUT2D eigenvalue weighted by atomic mass is 32.1. The van der Waals surface area contributed by atoms with Crippen LogP contribution in [0.5, 0.6) is 0 Å². The predicted octanol–water partition coefficient (Wildman–Crippen LogP) is 6.17. The first-order chi connectivity index (χ1) is 17.8. The molecule has 198 valence electrons. The van der Waals surface area contributed by atoms with Crippen LogP contribution in [0.3, 0.4) is 0 Å². The highest BCUT2D eigenvalue weighted by Crippen LogP contribution is 2.44. The second-order valence-electron chi connectivity index (χ2n) is 10.5. The summed E-state index contributed by atoms with van der Waals surface area (Å²) in [5.74, 6) is -2.40. The van der Waals surface area contributed by atoms with E-state index < -0.39 is 23.7 Å². The molecule has 1 N–H and O–H groups in total. The van der Waals surface area contributed by atoms with E-state index in [4.69, 9.17) is 4.74 Å². The number of hydrogen-bond donors (Lipinski definition) is 1. The van der Waals surface area contributed by atoms with Crippen molar-refractivity contribution >= 4 is 39.9 Å². The maximum absolute atomic E-state index is 13.5. The van der Waals surface area contributed by atoms with Gasteiger partial charge in [0.05, 0.1) is 23.9 Å². The van der Waals surface area contributed by atoms with Gasteiger partial charge in [-0.1, -0.05) is 74.1 Å². The Morgan fingerprint density at radius 2 is 1.74 bits per heavy atom. The summed E-state index contributed by atoms with van der Waals surface area (Å²) < 4.78 is 5.14. The van der Waals surface area contributed by atoms with Crippen molar-refractivity contribution in [3.63, 3.8) is 0 Å². The van der Waals surface area contributed by atoms with Crippen LogP contribution >= 0.6 is 11.3 Å². The molecule has 1 atom stereocenters. The minimum atomic E-state index is -0.926. The van der Waals surface area contributed by atoms with Crippen LogP contribution < -0.4 is 4.90 Å². The molecule has 0 bridgehead atoms. The van der Waals surface area contributed by atoms with Crippen LogP contribution in [0, 0.1) is 20.8 Å². The van der Waals surface area contributed by atoms with Crippen molar-refractivity contribution in [1.82, 2.24) is 4.98 Å². The number of ether oxygens (including phenoxy) is 1. The van der Waals surface area contributed by atoms with Crippen LogP contribution in [0.2, 0.25) is 0 Å². The Morgan fingerprint density at radius 1 is 1.08 bits per heavy atom. The third-order valence-electron chi connectivity index (χ3n) is 6.64. The average Bonchev–Trinajstić information content (AvgIpc) is 3.36. The Kier molecular flexibility index (Phi) is 7.30. The first-order valence-corrected chi connectivity index (χ1v) is 13.3. The third-order valence-corrected chi connectivity index (χ3v) is 7.77. The molecule has 1 fully saturated rings. The van der Waals surface area contributed by atoms with Gasteiger partial charge in [0, 0.05) is 5.56 Å². The highest BCUT2D eigenvalue weighted by molar-refractivity contribution is 7.17. The minimum Gasteiger partial charge on any atom is -0.507 e. The Labute approximate surface area is 226 Å². The number of carbonyl (C=O) groups is 3. The van der Waals surface area contributed by atoms with Gasteiger partial charge in [-0.15, -0.1) is 0 Å². The summed E-state index contributed by atoms with van der Waals surface area (Å²) in [7, 11) is 0. The van der Waals surface area contributed by atoms with Gasteiger partial charge in [0.15, 0.2) is 5.13 Å². The van der Waals surface area contributed by atoms with E-state index in [9.17, 15) is 19.5 Å². The van der Waals surface area contributed by atoms with E-state index >= 15 is 0 Å². The maximum Gasteiger partial charge on any atom is 0.350 e. The second kappa shape index (κ2) is 10.2. The number of benzene rings is 2. The molecule has 2 heterocycles. The molecule has 2 aromatic carbocycles. The maximum atomic E-state index is 13.5. The quantitative estimate of drug-likeness (QED) is 0.183. The molecule has 1 aromatic heterocycles. The molecule has 0 radical (unpaired) electrons. The monoisotopic (exact) mass is 532 g/mol. The average molecular weight is 533 g/mol. The number of aliphatic hydroxyl groups is 1. The van der Waals surface area contributed by atoms with Gasteiger partial charge in [0.2, 0.25) is 0 Å². The number of thiazole rings is 1. The number of hydrogen-bond acceptors (Lipinski definition) is 7. The fourth-order valence-corrected chi connectivity index (χ4v) is 5.51. The fraction of sp³-hybridized carbons (Fsp3) is 0.333. The molecule has 0 aliphatic carbocycles. The molecule has 7 nitrogen and oxygen atoms in total. The number of anilines is 1. The van der Waals surface area contributed by atoms with E-state index in [2.05, 4.69) is 25.8 Å². The van der Waals surface area contributed by atoms with Crippen molar-refractivity contribution < 1.29 is 24.2 Å². The summed E-state index contributed by atoms with van der Waals surface area (Å²) in [4.78, 5) is 45.5. The fourth-order valence-electron chi connectivity index (χ4n) is 4.52. The predicted molar refractivity (Wildman–Crippen MR) is 149 cm³/mol. The summed E-state index contributed by atoms with van der Waals surface area (Å²) in [5.41, 5.74) is 4.20. The van der Waals surface area contributed by atoms with Crippen molar-refractivity contribution in [1.29, 1.82) is 0 Å². The van der Waals surface area contributed by atoms with Crippen LogP contribution in [0.25, 0.3) is 5.76 Å². The van der Waals surface area contributed by atoms with Crippen LogP contribution in [0.4, 0.5) is 5.13 Å². The lowest BCUT2D eigenvalue weighted by molar-refractivity contribution is -0.132. The van der Waals surface area contributed by atoms with Gasteiger partial charge in [-0.3, -0.25) is 14.5 Å². The van der Waals surface area contributed by atoms with Gasteiger partial charge in [0.25, 0.3) is 5.78 Å². The van der Waals surface area contributed by atoms with Crippen molar-refractivity contribution in [2.45, 2.75) is 59.9 Å². The number of carbonyl (C=O) groups excluding carboxylic acids is 3. The number of aryl methyl sites for hydroxylation is 3. The second-order valence-corrected chi connectivity index (χ2v) is 11.5. The molecule has 1 aliphatic heterocycles. The van der Waals surface area contributed by atoms with Gasteiger partial charge < -0.3 is 9.84 Å². The molecule has 3 aromatic rings. The third kappa shape index (κ3) is 4.88. The van der Waals surface area contributed by atoms with Crippen molar-refractivity contribution in [2.75, 3.05) is 11.5 Å². The number of aromatic nitrogens is 1. The van der Waals surface area contributed by atoms with E-state index in [-0.39, 0.29) is 33.4 Å². The molecule has 1 saturated heterocycles. The molecule has 1 unspecified atom stereocenters. The molecular formula is C30H32N2O5S. The molecule has 38 heavy (non-hydrogen) atoms. The van der Waals surface area contributed by atoms with Gasteiger partial charge >= 0.3 is 11.9 Å². The molecular weight excluding hydrogens is 500 g/mol. The number of aliphatic hydroxyl groups excluding tert-OH is 1. The summed E-state index contributed by atoms with van der Waals surface area (Å²) in [6, 6.07) is 12.3. The number of Topliss-reactive ketones (excluding diaryl/α,β-unsaturated/α-hetero) is 1. The van der Waals surface area contributed by atoms with Gasteiger partial charge in [0.1, 0.15) is 10.6 Å². The Bertz CT molecular complexity index is 1460. The molecule has 4 rings (SSSR count). The molecule has 8 heteroatoms. The number of rotatable bonds is 5. The molecule has 0 spiro atoms. The zero-order chi connectivity index (χ0) is 27.9. The van der Waals surface area contributed by atoms with E-state index in [1.165, 1.54) is 4.90 Å². The summed E-state index contributed by atoms with van der Waals surface area (Å²) in [6.07, 6.45) is 0. The van der Waals surface area contributed by atoms with E-state index in [0.717, 1.165) is 28.0 Å². The molecule has 1 amide bonds. The number of esters is 1. The minimum absolute atomic E-state index is 0.0160. The van der Waals surface area contributed by atoms with Crippen LogP contribution in [-0.4, -0.2) is 34.4 Å².